The van der Waals surface area contributed by atoms with Crippen LogP contribution in [0.2, 0.25) is 5.02 Å². The number of hydrogen-bond donors (Lipinski definition) is 1. The number of benzene rings is 4. The number of Topliss-reactive ketones (excluding diaryl/α,β-unsaturated/α-hetero) is 1. The standard InChI is InChI=1S/C29H19ClFNO4/c30-20-9-4-8-19(15-20)27(33)25-26(32(29(35)28(25)34)22-11-6-10-21(31)17-22)18-7-5-14-24(16-18)36-23-12-2-1-3-13-23/h1-17,26,33H/b27-25+. The first-order valence-corrected chi connectivity index (χ1v) is 11.5. The fourth-order valence-corrected chi connectivity index (χ4v) is 4.39. The van der Waals surface area contributed by atoms with E-state index in [1.165, 1.54) is 35.2 Å². The van der Waals surface area contributed by atoms with Gasteiger partial charge in [-0.2, -0.15) is 0 Å². The molecular weight excluding hydrogens is 481 g/mol. The lowest BCUT2D eigenvalue weighted by Gasteiger charge is -2.26. The van der Waals surface area contributed by atoms with Gasteiger partial charge in [0.15, 0.2) is 0 Å². The Bertz CT molecular complexity index is 1500. The van der Waals surface area contributed by atoms with Gasteiger partial charge in [-0.05, 0) is 60.2 Å². The van der Waals surface area contributed by atoms with Crippen LogP contribution < -0.4 is 9.64 Å². The fourth-order valence-electron chi connectivity index (χ4n) is 4.20. The predicted octanol–water partition coefficient (Wildman–Crippen LogP) is 6.90. The van der Waals surface area contributed by atoms with Crippen LogP contribution in [0.4, 0.5) is 10.1 Å². The highest BCUT2D eigenvalue weighted by molar-refractivity contribution is 6.51. The first-order valence-electron chi connectivity index (χ1n) is 11.1. The van der Waals surface area contributed by atoms with E-state index in [2.05, 4.69) is 0 Å². The van der Waals surface area contributed by atoms with Gasteiger partial charge in [-0.3, -0.25) is 14.5 Å². The van der Waals surface area contributed by atoms with E-state index < -0.39 is 23.5 Å². The van der Waals surface area contributed by atoms with E-state index in [1.54, 1.807) is 54.6 Å². The van der Waals surface area contributed by atoms with Crippen molar-refractivity contribution >= 4 is 34.7 Å². The third-order valence-corrected chi connectivity index (χ3v) is 6.02. The minimum Gasteiger partial charge on any atom is -0.507 e. The number of rotatable bonds is 5. The molecule has 1 unspecified atom stereocenters. The van der Waals surface area contributed by atoms with E-state index in [-0.39, 0.29) is 22.6 Å². The summed E-state index contributed by atoms with van der Waals surface area (Å²) in [6, 6.07) is 26.7. The Hall–Kier alpha value is -4.42. The zero-order valence-electron chi connectivity index (χ0n) is 18.8. The molecule has 1 aliphatic rings. The predicted molar refractivity (Wildman–Crippen MR) is 136 cm³/mol. The van der Waals surface area contributed by atoms with Crippen molar-refractivity contribution in [2.24, 2.45) is 0 Å². The number of amides is 1. The van der Waals surface area contributed by atoms with Gasteiger partial charge in [0.2, 0.25) is 0 Å². The maximum absolute atomic E-state index is 14.1. The zero-order valence-corrected chi connectivity index (χ0v) is 19.5. The summed E-state index contributed by atoms with van der Waals surface area (Å²) >= 11 is 6.10. The number of nitrogens with zero attached hydrogens (tertiary/aromatic N) is 1. The van der Waals surface area contributed by atoms with Gasteiger partial charge in [0, 0.05) is 16.3 Å². The average Bonchev–Trinajstić information content (AvgIpc) is 3.15. The maximum Gasteiger partial charge on any atom is 0.300 e. The van der Waals surface area contributed by atoms with Crippen molar-refractivity contribution in [3.8, 4) is 11.5 Å². The Morgan fingerprint density at radius 2 is 1.56 bits per heavy atom. The largest absolute Gasteiger partial charge is 0.507 e. The molecule has 0 saturated carbocycles. The molecule has 1 fully saturated rings. The highest BCUT2D eigenvalue weighted by atomic mass is 35.5. The molecule has 178 valence electrons. The number of para-hydroxylation sites is 1. The van der Waals surface area contributed by atoms with Crippen molar-refractivity contribution in [1.82, 2.24) is 0 Å². The first kappa shape index (κ1) is 23.3. The second-order valence-electron chi connectivity index (χ2n) is 8.15. The van der Waals surface area contributed by atoms with E-state index in [0.717, 1.165) is 0 Å². The van der Waals surface area contributed by atoms with Crippen LogP contribution >= 0.6 is 11.6 Å². The number of hydrogen-bond acceptors (Lipinski definition) is 4. The number of ketones is 1. The van der Waals surface area contributed by atoms with Crippen molar-refractivity contribution in [2.45, 2.75) is 6.04 Å². The van der Waals surface area contributed by atoms with Gasteiger partial charge in [0.25, 0.3) is 11.7 Å². The highest BCUT2D eigenvalue weighted by Gasteiger charge is 2.47. The summed E-state index contributed by atoms with van der Waals surface area (Å²) in [7, 11) is 0. The van der Waals surface area contributed by atoms with Crippen LogP contribution in [0, 0.1) is 5.82 Å². The highest BCUT2D eigenvalue weighted by Crippen LogP contribution is 2.43. The molecule has 0 spiro atoms. The molecule has 1 heterocycles. The first-order chi connectivity index (χ1) is 17.4. The average molecular weight is 500 g/mol. The summed E-state index contributed by atoms with van der Waals surface area (Å²) in [6.45, 7) is 0. The van der Waals surface area contributed by atoms with Gasteiger partial charge < -0.3 is 9.84 Å². The van der Waals surface area contributed by atoms with Crippen LogP contribution in [0.1, 0.15) is 17.2 Å². The van der Waals surface area contributed by atoms with Gasteiger partial charge in [0.1, 0.15) is 23.1 Å². The molecular formula is C29H19ClFNO4. The van der Waals surface area contributed by atoms with E-state index in [1.807, 2.05) is 18.2 Å². The zero-order chi connectivity index (χ0) is 25.2. The minimum absolute atomic E-state index is 0.136. The molecule has 4 aromatic carbocycles. The number of anilines is 1. The molecule has 0 aliphatic carbocycles. The molecule has 0 aromatic heterocycles. The van der Waals surface area contributed by atoms with Gasteiger partial charge >= 0.3 is 0 Å². The maximum atomic E-state index is 14.1. The smallest absolute Gasteiger partial charge is 0.300 e. The molecule has 1 N–H and O–H groups in total. The number of carbonyl (C=O) groups excluding carboxylic acids is 2. The summed E-state index contributed by atoms with van der Waals surface area (Å²) in [6.07, 6.45) is 0. The number of halogens is 2. The van der Waals surface area contributed by atoms with Crippen LogP contribution in [-0.2, 0) is 9.59 Å². The van der Waals surface area contributed by atoms with E-state index in [4.69, 9.17) is 16.3 Å². The van der Waals surface area contributed by atoms with Crippen LogP contribution in [0.3, 0.4) is 0 Å². The molecule has 1 saturated heterocycles. The monoisotopic (exact) mass is 499 g/mol. The lowest BCUT2D eigenvalue weighted by atomic mass is 9.95. The van der Waals surface area contributed by atoms with Gasteiger partial charge in [0.05, 0.1) is 11.6 Å². The summed E-state index contributed by atoms with van der Waals surface area (Å²) in [4.78, 5) is 27.7. The van der Waals surface area contributed by atoms with Crippen molar-refractivity contribution in [2.75, 3.05) is 4.90 Å². The second-order valence-corrected chi connectivity index (χ2v) is 8.58. The number of ether oxygens (including phenoxy) is 1. The molecule has 4 aromatic rings. The Labute approximate surface area is 211 Å². The molecule has 1 atom stereocenters. The minimum atomic E-state index is -1.04. The Kier molecular flexibility index (Phi) is 6.27. The van der Waals surface area contributed by atoms with Crippen LogP contribution in [0.5, 0.6) is 11.5 Å². The number of aliphatic hydroxyl groups excluding tert-OH is 1. The summed E-state index contributed by atoms with van der Waals surface area (Å²) in [5, 5.41) is 11.6. The summed E-state index contributed by atoms with van der Waals surface area (Å²) < 4.78 is 20.1. The van der Waals surface area contributed by atoms with Crippen molar-refractivity contribution in [1.29, 1.82) is 0 Å². The summed E-state index contributed by atoms with van der Waals surface area (Å²) in [5.74, 6) is -1.66. The topological polar surface area (TPSA) is 66.8 Å². The quantitative estimate of drug-likeness (QED) is 0.184. The molecule has 1 amide bonds. The molecule has 1 aliphatic heterocycles. The molecule has 5 nitrogen and oxygen atoms in total. The van der Waals surface area contributed by atoms with E-state index >= 15 is 0 Å². The van der Waals surface area contributed by atoms with Gasteiger partial charge in [-0.1, -0.05) is 60.1 Å². The van der Waals surface area contributed by atoms with Crippen LogP contribution in [0.15, 0.2) is 109 Å². The van der Waals surface area contributed by atoms with Crippen molar-refractivity contribution < 1.29 is 23.8 Å². The molecule has 5 rings (SSSR count). The van der Waals surface area contributed by atoms with Crippen LogP contribution in [-0.4, -0.2) is 16.8 Å². The molecule has 0 radical (unpaired) electrons. The number of carbonyl (C=O) groups is 2. The lowest BCUT2D eigenvalue weighted by molar-refractivity contribution is -0.132. The Morgan fingerprint density at radius 1 is 0.833 bits per heavy atom. The number of aliphatic hydroxyl groups is 1. The van der Waals surface area contributed by atoms with Crippen LogP contribution in [0.25, 0.3) is 5.76 Å². The van der Waals surface area contributed by atoms with E-state index in [9.17, 15) is 19.1 Å². The lowest BCUT2D eigenvalue weighted by Crippen LogP contribution is -2.29. The Morgan fingerprint density at radius 3 is 2.31 bits per heavy atom. The molecule has 0 bridgehead atoms. The molecule has 36 heavy (non-hydrogen) atoms. The van der Waals surface area contributed by atoms with Crippen molar-refractivity contribution in [3.05, 3.63) is 131 Å². The SMILES string of the molecule is O=C1C(=O)N(c2cccc(F)c2)C(c2cccc(Oc3ccccc3)c2)/C1=C(\O)c1cccc(Cl)c1. The third-order valence-electron chi connectivity index (χ3n) is 5.78. The van der Waals surface area contributed by atoms with Gasteiger partial charge in [-0.25, -0.2) is 4.39 Å². The van der Waals surface area contributed by atoms with Gasteiger partial charge in [-0.15, -0.1) is 0 Å². The summed E-state index contributed by atoms with van der Waals surface area (Å²) in [5.41, 5.74) is 0.821. The van der Waals surface area contributed by atoms with Crippen molar-refractivity contribution in [3.63, 3.8) is 0 Å². The third kappa shape index (κ3) is 4.46. The normalized spacial score (nSPS) is 16.8. The van der Waals surface area contributed by atoms with E-state index in [0.29, 0.717) is 22.1 Å². The fraction of sp³-hybridized carbons (Fsp3) is 0.0345. The Balaban J connectivity index is 1.68. The molecule has 7 heteroatoms. The second kappa shape index (κ2) is 9.68.